The van der Waals surface area contributed by atoms with Crippen LogP contribution in [-0.4, -0.2) is 31.5 Å². The lowest BCUT2D eigenvalue weighted by Gasteiger charge is -2.44. The number of halogens is 4. The smallest absolute Gasteiger partial charge is 0.406 e. The molecule has 1 saturated heterocycles. The average Bonchev–Trinajstić information content (AvgIpc) is 2.28. The molecule has 0 amide bonds. The second-order valence-electron chi connectivity index (χ2n) is 5.18. The summed E-state index contributed by atoms with van der Waals surface area (Å²) < 4.78 is 40.1. The van der Waals surface area contributed by atoms with Crippen LogP contribution in [0, 0.1) is 0 Å². The Kier molecular flexibility index (Phi) is 5.15. The zero-order valence-electron chi connectivity index (χ0n) is 11.3. The molecule has 0 aliphatic carbocycles. The van der Waals surface area contributed by atoms with Gasteiger partial charge in [-0.3, -0.25) is 0 Å². The summed E-state index contributed by atoms with van der Waals surface area (Å²) in [5, 5.41) is 3.30. The highest BCUT2D eigenvalue weighted by Gasteiger charge is 2.32. The molecule has 1 aromatic carbocycles. The quantitative estimate of drug-likeness (QED) is 0.908. The van der Waals surface area contributed by atoms with Gasteiger partial charge in [0, 0.05) is 30.9 Å². The molecular weight excluding hydrogens is 293 g/mol. The van der Waals surface area contributed by atoms with Crippen molar-refractivity contribution in [2.75, 3.05) is 24.5 Å². The standard InChI is InChI=1S/C13H17F3N2O.ClH/c1-12(2)9-17-7-8-18(12)10-3-5-11(6-4-10)19-13(14,15)16;/h3-6,17H,7-9H2,1-2H3;1H. The predicted octanol–water partition coefficient (Wildman–Crippen LogP) is 3.20. The third-order valence-electron chi connectivity index (χ3n) is 3.18. The number of hydrogen-bond acceptors (Lipinski definition) is 3. The van der Waals surface area contributed by atoms with E-state index in [0.29, 0.717) is 0 Å². The van der Waals surface area contributed by atoms with E-state index < -0.39 is 6.36 Å². The molecule has 1 fully saturated rings. The lowest BCUT2D eigenvalue weighted by Crippen LogP contribution is -2.58. The maximum absolute atomic E-state index is 12.1. The fourth-order valence-electron chi connectivity index (χ4n) is 2.29. The Bertz CT molecular complexity index is 434. The van der Waals surface area contributed by atoms with Crippen molar-refractivity contribution in [2.45, 2.75) is 25.7 Å². The molecule has 0 saturated carbocycles. The summed E-state index contributed by atoms with van der Waals surface area (Å²) in [6.45, 7) is 6.73. The van der Waals surface area contributed by atoms with Crippen LogP contribution in [0.25, 0.3) is 0 Å². The van der Waals surface area contributed by atoms with E-state index in [1.165, 1.54) is 12.1 Å². The summed E-state index contributed by atoms with van der Waals surface area (Å²) in [6.07, 6.45) is -4.64. The SMILES string of the molecule is CC1(C)CNCCN1c1ccc(OC(F)(F)F)cc1.Cl. The summed E-state index contributed by atoms with van der Waals surface area (Å²) in [6, 6.07) is 6.02. The van der Waals surface area contributed by atoms with Gasteiger partial charge < -0.3 is 15.0 Å². The molecule has 0 aromatic heterocycles. The van der Waals surface area contributed by atoms with Crippen molar-refractivity contribution >= 4 is 18.1 Å². The first-order chi connectivity index (χ1) is 8.78. The molecule has 1 heterocycles. The van der Waals surface area contributed by atoms with Crippen molar-refractivity contribution < 1.29 is 17.9 Å². The number of ether oxygens (including phenoxy) is 1. The Labute approximate surface area is 122 Å². The molecule has 0 unspecified atom stereocenters. The van der Waals surface area contributed by atoms with Gasteiger partial charge in [0.25, 0.3) is 0 Å². The number of nitrogens with zero attached hydrogens (tertiary/aromatic N) is 1. The van der Waals surface area contributed by atoms with Gasteiger partial charge in [-0.15, -0.1) is 25.6 Å². The van der Waals surface area contributed by atoms with Crippen LogP contribution in [0.15, 0.2) is 24.3 Å². The molecule has 114 valence electrons. The van der Waals surface area contributed by atoms with Crippen LogP contribution in [0.4, 0.5) is 18.9 Å². The van der Waals surface area contributed by atoms with Gasteiger partial charge in [-0.1, -0.05) is 0 Å². The molecule has 2 rings (SSSR count). The number of hydrogen-bond donors (Lipinski definition) is 1. The minimum atomic E-state index is -4.64. The maximum Gasteiger partial charge on any atom is 0.573 e. The van der Waals surface area contributed by atoms with Crippen molar-refractivity contribution in [3.63, 3.8) is 0 Å². The Morgan fingerprint density at radius 2 is 1.80 bits per heavy atom. The van der Waals surface area contributed by atoms with Crippen LogP contribution in [-0.2, 0) is 0 Å². The van der Waals surface area contributed by atoms with E-state index in [-0.39, 0.29) is 23.7 Å². The van der Waals surface area contributed by atoms with Gasteiger partial charge in [-0.2, -0.15) is 0 Å². The minimum Gasteiger partial charge on any atom is -0.406 e. The number of anilines is 1. The summed E-state index contributed by atoms with van der Waals surface area (Å²) in [7, 11) is 0. The van der Waals surface area contributed by atoms with Crippen LogP contribution in [0.1, 0.15) is 13.8 Å². The molecule has 1 N–H and O–H groups in total. The number of rotatable bonds is 2. The van der Waals surface area contributed by atoms with E-state index >= 15 is 0 Å². The lowest BCUT2D eigenvalue weighted by molar-refractivity contribution is -0.274. The van der Waals surface area contributed by atoms with Gasteiger partial charge in [0.1, 0.15) is 5.75 Å². The highest BCUT2D eigenvalue weighted by molar-refractivity contribution is 5.85. The summed E-state index contributed by atoms with van der Waals surface area (Å²) in [4.78, 5) is 2.18. The summed E-state index contributed by atoms with van der Waals surface area (Å²) in [5.74, 6) is -0.191. The van der Waals surface area contributed by atoms with Gasteiger partial charge in [0.15, 0.2) is 0 Å². The molecule has 1 aromatic rings. The Morgan fingerprint density at radius 1 is 1.20 bits per heavy atom. The highest BCUT2D eigenvalue weighted by Crippen LogP contribution is 2.29. The van der Waals surface area contributed by atoms with Gasteiger partial charge in [0.05, 0.1) is 0 Å². The van der Waals surface area contributed by atoms with Crippen LogP contribution in [0.3, 0.4) is 0 Å². The Balaban J connectivity index is 0.00000200. The first kappa shape index (κ1) is 16.9. The van der Waals surface area contributed by atoms with Crippen molar-refractivity contribution in [3.8, 4) is 5.75 Å². The fraction of sp³-hybridized carbons (Fsp3) is 0.538. The topological polar surface area (TPSA) is 24.5 Å². The molecule has 0 atom stereocenters. The normalized spacial score (nSPS) is 18.4. The summed E-state index contributed by atoms with van der Waals surface area (Å²) in [5.41, 5.74) is 0.839. The second-order valence-corrected chi connectivity index (χ2v) is 5.18. The van der Waals surface area contributed by atoms with E-state index in [1.54, 1.807) is 12.1 Å². The van der Waals surface area contributed by atoms with Gasteiger partial charge in [-0.05, 0) is 38.1 Å². The molecular formula is C13H18ClF3N2O. The predicted molar refractivity (Wildman–Crippen MR) is 74.7 cm³/mol. The van der Waals surface area contributed by atoms with Crippen LogP contribution < -0.4 is 15.0 Å². The van der Waals surface area contributed by atoms with Gasteiger partial charge >= 0.3 is 6.36 Å². The minimum absolute atomic E-state index is 0. The fourth-order valence-corrected chi connectivity index (χ4v) is 2.29. The van der Waals surface area contributed by atoms with Crippen molar-refractivity contribution in [1.82, 2.24) is 5.32 Å². The van der Waals surface area contributed by atoms with Crippen LogP contribution in [0.5, 0.6) is 5.75 Å². The molecule has 0 bridgehead atoms. The zero-order valence-corrected chi connectivity index (χ0v) is 12.1. The van der Waals surface area contributed by atoms with Gasteiger partial charge in [-0.25, -0.2) is 0 Å². The first-order valence-electron chi connectivity index (χ1n) is 6.12. The summed E-state index contributed by atoms with van der Waals surface area (Å²) >= 11 is 0. The second kappa shape index (κ2) is 6.10. The van der Waals surface area contributed by atoms with E-state index in [1.807, 2.05) is 0 Å². The monoisotopic (exact) mass is 310 g/mol. The Hall–Kier alpha value is -1.14. The molecule has 3 nitrogen and oxygen atoms in total. The van der Waals surface area contributed by atoms with Crippen LogP contribution in [0.2, 0.25) is 0 Å². The largest absolute Gasteiger partial charge is 0.573 e. The Morgan fingerprint density at radius 3 is 2.30 bits per heavy atom. The molecule has 0 spiro atoms. The van der Waals surface area contributed by atoms with Crippen molar-refractivity contribution in [2.24, 2.45) is 0 Å². The van der Waals surface area contributed by atoms with E-state index in [0.717, 1.165) is 25.3 Å². The number of nitrogens with one attached hydrogen (secondary N) is 1. The number of alkyl halides is 3. The third-order valence-corrected chi connectivity index (χ3v) is 3.18. The number of benzene rings is 1. The van der Waals surface area contributed by atoms with Crippen LogP contribution >= 0.6 is 12.4 Å². The molecule has 1 aliphatic heterocycles. The third kappa shape index (κ3) is 4.18. The molecule has 7 heteroatoms. The van der Waals surface area contributed by atoms with Crippen molar-refractivity contribution in [3.05, 3.63) is 24.3 Å². The lowest BCUT2D eigenvalue weighted by atomic mass is 9.99. The van der Waals surface area contributed by atoms with E-state index in [4.69, 9.17) is 0 Å². The first-order valence-corrected chi connectivity index (χ1v) is 6.12. The maximum atomic E-state index is 12.1. The van der Waals surface area contributed by atoms with E-state index in [2.05, 4.69) is 28.8 Å². The number of piperazine rings is 1. The molecule has 20 heavy (non-hydrogen) atoms. The zero-order chi connectivity index (χ0) is 14.1. The van der Waals surface area contributed by atoms with Crippen molar-refractivity contribution in [1.29, 1.82) is 0 Å². The molecule has 1 aliphatic rings. The average molecular weight is 311 g/mol. The van der Waals surface area contributed by atoms with Gasteiger partial charge in [0.2, 0.25) is 0 Å². The van der Waals surface area contributed by atoms with E-state index in [9.17, 15) is 13.2 Å². The highest BCUT2D eigenvalue weighted by atomic mass is 35.5. The molecule has 0 radical (unpaired) electrons.